The Morgan fingerprint density at radius 1 is 1.05 bits per heavy atom. The molecule has 1 heterocycles. The third-order valence-corrected chi connectivity index (χ3v) is 11.0. The normalized spacial score (nSPS) is 39.9. The zero-order valence-electron chi connectivity index (χ0n) is 26.3. The van der Waals surface area contributed by atoms with Gasteiger partial charge in [-0.25, -0.2) is 4.79 Å². The minimum absolute atomic E-state index is 0.0558. The highest BCUT2D eigenvalue weighted by molar-refractivity contribution is 5.94. The molecule has 2 bridgehead atoms. The maximum Gasteiger partial charge on any atom is 0.338 e. The standard InChI is InChI=1S/C33H44O10/c1-9-31-15-22(39-7)27-32(17-41-27,43-19(3)34)25(31)28(42-29(36)20-13-11-10-12-14-20)33(37)16-21(38-6)18(2)23(30(33,4)5)24(40-8)26(31)35/h10-14,21-22,24-25,27-28,37H,9,15-17H2,1-8H3/t21?,22?,24?,25?,27?,28?,31?,32-,33?/m1/s1. The number of hydrogen-bond donors (Lipinski definition) is 1. The third-order valence-electron chi connectivity index (χ3n) is 11.0. The summed E-state index contributed by atoms with van der Waals surface area (Å²) in [5.41, 5.74) is -3.99. The van der Waals surface area contributed by atoms with E-state index in [2.05, 4.69) is 0 Å². The summed E-state index contributed by atoms with van der Waals surface area (Å²) < 4.78 is 36.5. The van der Waals surface area contributed by atoms with Crippen molar-refractivity contribution in [2.75, 3.05) is 27.9 Å². The van der Waals surface area contributed by atoms with Crippen LogP contribution in [-0.4, -0.2) is 92.5 Å². The number of Topliss-reactive ketones (excluding diaryl/α,β-unsaturated/α-hetero) is 1. The van der Waals surface area contributed by atoms with Gasteiger partial charge < -0.3 is 33.5 Å². The molecule has 9 atom stereocenters. The summed E-state index contributed by atoms with van der Waals surface area (Å²) in [7, 11) is 4.56. The van der Waals surface area contributed by atoms with Crippen molar-refractivity contribution in [2.45, 2.75) is 95.6 Å². The fourth-order valence-electron chi connectivity index (χ4n) is 8.73. The SMILES string of the molecule is CCC12CC(OC)C3OC[C@@]3(OC(C)=O)C1C(OC(=O)c1ccccc1)C1(O)CC(OC)C(C)=C(C(OC)C2=O)C1(C)C. The first-order valence-corrected chi connectivity index (χ1v) is 14.9. The van der Waals surface area contributed by atoms with Crippen LogP contribution in [0.1, 0.15) is 64.2 Å². The summed E-state index contributed by atoms with van der Waals surface area (Å²) >= 11 is 0. The van der Waals surface area contributed by atoms with Gasteiger partial charge in [0.2, 0.25) is 0 Å². The molecular formula is C33H44O10. The van der Waals surface area contributed by atoms with Gasteiger partial charge in [0.15, 0.2) is 11.4 Å². The van der Waals surface area contributed by atoms with Crippen LogP contribution < -0.4 is 0 Å². The van der Waals surface area contributed by atoms with Gasteiger partial charge in [0.25, 0.3) is 0 Å². The van der Waals surface area contributed by atoms with E-state index in [1.54, 1.807) is 37.4 Å². The Morgan fingerprint density at radius 3 is 2.23 bits per heavy atom. The van der Waals surface area contributed by atoms with Crippen molar-refractivity contribution in [1.29, 1.82) is 0 Å². The lowest BCUT2D eigenvalue weighted by molar-refractivity contribution is -0.356. The molecule has 0 amide bonds. The lowest BCUT2D eigenvalue weighted by Gasteiger charge is -2.68. The molecule has 0 spiro atoms. The van der Waals surface area contributed by atoms with Crippen molar-refractivity contribution in [3.05, 3.63) is 47.0 Å². The van der Waals surface area contributed by atoms with Gasteiger partial charge in [-0.2, -0.15) is 0 Å². The summed E-state index contributed by atoms with van der Waals surface area (Å²) in [4.78, 5) is 41.9. The van der Waals surface area contributed by atoms with Crippen LogP contribution in [0.25, 0.3) is 0 Å². The van der Waals surface area contributed by atoms with Crippen LogP contribution >= 0.6 is 0 Å². The lowest BCUT2D eigenvalue weighted by atomic mass is 9.44. The van der Waals surface area contributed by atoms with Gasteiger partial charge in [-0.3, -0.25) is 9.59 Å². The maximum absolute atomic E-state index is 15.2. The summed E-state index contributed by atoms with van der Waals surface area (Å²) in [6, 6.07) is 8.50. The zero-order chi connectivity index (χ0) is 31.5. The number of fused-ring (bicyclic) bond motifs is 5. The molecule has 43 heavy (non-hydrogen) atoms. The zero-order valence-corrected chi connectivity index (χ0v) is 26.3. The topological polar surface area (TPSA) is 127 Å². The van der Waals surface area contributed by atoms with Crippen LogP contribution in [0, 0.1) is 16.7 Å². The third kappa shape index (κ3) is 4.35. The largest absolute Gasteiger partial charge is 0.455 e. The van der Waals surface area contributed by atoms with E-state index in [1.165, 1.54) is 21.1 Å². The predicted molar refractivity (Wildman–Crippen MR) is 154 cm³/mol. The van der Waals surface area contributed by atoms with Crippen LogP contribution in [0.3, 0.4) is 0 Å². The molecule has 8 unspecified atom stereocenters. The molecule has 3 fully saturated rings. The molecule has 2 saturated carbocycles. The van der Waals surface area contributed by atoms with Gasteiger partial charge in [0.05, 0.1) is 30.3 Å². The Balaban J connectivity index is 1.86. The number of carbonyl (C=O) groups is 3. The summed E-state index contributed by atoms with van der Waals surface area (Å²) in [6.07, 6.45) is -3.79. The van der Waals surface area contributed by atoms with Crippen molar-refractivity contribution < 1.29 is 47.9 Å². The first kappa shape index (κ1) is 31.8. The fraction of sp³-hybridized carbons (Fsp3) is 0.667. The Kier molecular flexibility index (Phi) is 8.18. The highest BCUT2D eigenvalue weighted by Gasteiger charge is 2.78. The molecule has 1 N–H and O–H groups in total. The Labute approximate surface area is 253 Å². The van der Waals surface area contributed by atoms with E-state index < -0.39 is 70.4 Å². The van der Waals surface area contributed by atoms with E-state index in [-0.39, 0.29) is 37.2 Å². The number of ketones is 1. The van der Waals surface area contributed by atoms with Crippen molar-refractivity contribution in [1.82, 2.24) is 0 Å². The summed E-state index contributed by atoms with van der Waals surface area (Å²) in [6.45, 7) is 8.70. The molecule has 10 heteroatoms. The molecular weight excluding hydrogens is 556 g/mol. The smallest absolute Gasteiger partial charge is 0.338 e. The monoisotopic (exact) mass is 600 g/mol. The molecule has 1 aromatic carbocycles. The van der Waals surface area contributed by atoms with E-state index in [4.69, 9.17) is 28.4 Å². The van der Waals surface area contributed by atoms with Gasteiger partial charge in [-0.1, -0.05) is 39.0 Å². The van der Waals surface area contributed by atoms with Gasteiger partial charge in [0.1, 0.15) is 23.9 Å². The molecule has 0 aromatic heterocycles. The van der Waals surface area contributed by atoms with Crippen LogP contribution in [0.15, 0.2) is 41.5 Å². The Morgan fingerprint density at radius 2 is 1.72 bits per heavy atom. The molecule has 236 valence electrons. The minimum atomic E-state index is -1.79. The molecule has 1 saturated heterocycles. The van der Waals surface area contributed by atoms with E-state index in [0.717, 1.165) is 5.57 Å². The number of rotatable bonds is 7. The van der Waals surface area contributed by atoms with Crippen molar-refractivity contribution in [3.8, 4) is 0 Å². The van der Waals surface area contributed by atoms with Crippen molar-refractivity contribution in [3.63, 3.8) is 0 Å². The number of aliphatic hydroxyl groups is 1. The van der Waals surface area contributed by atoms with Crippen LogP contribution in [0.5, 0.6) is 0 Å². The van der Waals surface area contributed by atoms with Crippen LogP contribution in [0.4, 0.5) is 0 Å². The number of esters is 2. The predicted octanol–water partition coefficient (Wildman–Crippen LogP) is 3.43. The van der Waals surface area contributed by atoms with Crippen molar-refractivity contribution >= 4 is 17.7 Å². The number of methoxy groups -OCH3 is 3. The van der Waals surface area contributed by atoms with Gasteiger partial charge in [-0.05, 0) is 43.0 Å². The second kappa shape index (κ2) is 11.1. The fourth-order valence-corrected chi connectivity index (χ4v) is 8.73. The summed E-state index contributed by atoms with van der Waals surface area (Å²) in [5.74, 6) is -2.49. The first-order chi connectivity index (χ1) is 20.3. The molecule has 10 nitrogen and oxygen atoms in total. The second-order valence-corrected chi connectivity index (χ2v) is 13.0. The number of carbonyl (C=O) groups excluding carboxylic acids is 3. The minimum Gasteiger partial charge on any atom is -0.455 e. The van der Waals surface area contributed by atoms with Gasteiger partial charge in [-0.15, -0.1) is 0 Å². The number of benzene rings is 1. The average Bonchev–Trinajstić information content (AvgIpc) is 2.97. The van der Waals surface area contributed by atoms with E-state index >= 15 is 4.79 Å². The highest BCUT2D eigenvalue weighted by atomic mass is 16.6. The van der Waals surface area contributed by atoms with E-state index in [1.807, 2.05) is 27.7 Å². The van der Waals surface area contributed by atoms with Gasteiger partial charge in [0, 0.05) is 45.5 Å². The molecule has 4 aliphatic rings. The number of ether oxygens (including phenoxy) is 6. The number of hydrogen-bond acceptors (Lipinski definition) is 10. The molecule has 5 rings (SSSR count). The summed E-state index contributed by atoms with van der Waals surface area (Å²) in [5, 5.41) is 13.2. The van der Waals surface area contributed by atoms with Crippen LogP contribution in [0.2, 0.25) is 0 Å². The van der Waals surface area contributed by atoms with Crippen molar-refractivity contribution in [2.24, 2.45) is 16.7 Å². The quantitative estimate of drug-likeness (QED) is 0.367. The molecule has 1 aromatic rings. The molecule has 1 aliphatic heterocycles. The lowest BCUT2D eigenvalue weighted by Crippen LogP contribution is -2.82. The molecule has 0 radical (unpaired) electrons. The molecule has 3 aliphatic carbocycles. The Hall–Kier alpha value is -2.63. The van der Waals surface area contributed by atoms with Crippen LogP contribution in [-0.2, 0) is 38.0 Å². The van der Waals surface area contributed by atoms with Gasteiger partial charge >= 0.3 is 11.9 Å². The van der Waals surface area contributed by atoms with E-state index in [9.17, 15) is 14.7 Å². The first-order valence-electron chi connectivity index (χ1n) is 14.9. The highest BCUT2D eigenvalue weighted by Crippen LogP contribution is 2.65. The second-order valence-electron chi connectivity index (χ2n) is 13.0. The average molecular weight is 601 g/mol. The Bertz CT molecular complexity index is 1310. The maximum atomic E-state index is 15.2. The van der Waals surface area contributed by atoms with E-state index in [0.29, 0.717) is 5.57 Å².